The number of halogens is 1. The molecule has 0 radical (unpaired) electrons. The number of hydrogen-bond donors (Lipinski definition) is 1. The minimum absolute atomic E-state index is 0.212. The predicted molar refractivity (Wildman–Crippen MR) is 76.9 cm³/mol. The molecule has 0 aliphatic carbocycles. The molecule has 1 saturated heterocycles. The van der Waals surface area contributed by atoms with E-state index in [1.807, 2.05) is 36.0 Å². The summed E-state index contributed by atoms with van der Waals surface area (Å²) in [6.45, 7) is 5.16. The van der Waals surface area contributed by atoms with E-state index in [0.29, 0.717) is 6.54 Å². The van der Waals surface area contributed by atoms with Gasteiger partial charge in [-0.05, 0) is 31.0 Å². The molecule has 1 aliphatic rings. The first kappa shape index (κ1) is 12.8. The molecule has 1 aromatic rings. The van der Waals surface area contributed by atoms with Gasteiger partial charge in [-0.15, -0.1) is 0 Å². The summed E-state index contributed by atoms with van der Waals surface area (Å²) in [6, 6.07) is 7.85. The molecule has 17 heavy (non-hydrogen) atoms. The van der Waals surface area contributed by atoms with Crippen LogP contribution in [0.2, 0.25) is 5.02 Å². The Hall–Kier alpha value is -0.670. The molecular formula is C13H17ClN2S. The van der Waals surface area contributed by atoms with Crippen molar-refractivity contribution in [3.63, 3.8) is 0 Å². The molecule has 1 aromatic carbocycles. The van der Waals surface area contributed by atoms with Crippen molar-refractivity contribution in [1.29, 1.82) is 0 Å². The highest BCUT2D eigenvalue weighted by Gasteiger charge is 2.30. The second-order valence-corrected chi connectivity index (χ2v) is 5.98. The minimum Gasteiger partial charge on any atom is -0.359 e. The van der Waals surface area contributed by atoms with E-state index >= 15 is 0 Å². The Morgan fingerprint density at radius 3 is 2.71 bits per heavy atom. The van der Waals surface area contributed by atoms with Gasteiger partial charge in [-0.2, -0.15) is 0 Å². The fourth-order valence-corrected chi connectivity index (χ4v) is 2.92. The first-order chi connectivity index (χ1) is 8.11. The van der Waals surface area contributed by atoms with E-state index in [9.17, 15) is 0 Å². The van der Waals surface area contributed by atoms with E-state index in [-0.39, 0.29) is 5.54 Å². The normalized spacial score (nSPS) is 26.2. The highest BCUT2D eigenvalue weighted by Crippen LogP contribution is 2.25. The highest BCUT2D eigenvalue weighted by molar-refractivity contribution is 8.14. The Morgan fingerprint density at radius 2 is 2.12 bits per heavy atom. The Balaban J connectivity index is 1.96. The standard InChI is InChI=1S/C13H17ClN2S/c1-3-13(2)9-17-12(16-13)15-8-10-4-6-11(14)7-5-10/h4-7H,3,8-9H2,1-2H3,(H,15,16). The van der Waals surface area contributed by atoms with Crippen molar-refractivity contribution in [2.24, 2.45) is 4.99 Å². The number of amidine groups is 1. The quantitative estimate of drug-likeness (QED) is 0.904. The molecule has 1 aliphatic heterocycles. The Kier molecular flexibility index (Phi) is 4.00. The zero-order chi connectivity index (χ0) is 12.3. The van der Waals surface area contributed by atoms with Crippen LogP contribution in [0.4, 0.5) is 0 Å². The van der Waals surface area contributed by atoms with E-state index in [4.69, 9.17) is 11.6 Å². The molecule has 1 N–H and O–H groups in total. The lowest BCUT2D eigenvalue weighted by Gasteiger charge is -2.20. The van der Waals surface area contributed by atoms with E-state index in [0.717, 1.165) is 22.4 Å². The van der Waals surface area contributed by atoms with Gasteiger partial charge in [0.25, 0.3) is 0 Å². The van der Waals surface area contributed by atoms with Crippen LogP contribution in [0, 0.1) is 0 Å². The van der Waals surface area contributed by atoms with Gasteiger partial charge in [0.2, 0.25) is 0 Å². The van der Waals surface area contributed by atoms with E-state index in [1.165, 1.54) is 5.56 Å². The summed E-state index contributed by atoms with van der Waals surface area (Å²) < 4.78 is 0. The van der Waals surface area contributed by atoms with Gasteiger partial charge in [0, 0.05) is 16.3 Å². The summed E-state index contributed by atoms with van der Waals surface area (Å²) in [5.41, 5.74) is 1.40. The first-order valence-electron chi connectivity index (χ1n) is 5.81. The van der Waals surface area contributed by atoms with Crippen molar-refractivity contribution >= 4 is 28.5 Å². The van der Waals surface area contributed by atoms with Gasteiger partial charge in [-0.25, -0.2) is 0 Å². The van der Waals surface area contributed by atoms with Crippen molar-refractivity contribution in [3.8, 4) is 0 Å². The maximum atomic E-state index is 5.84. The van der Waals surface area contributed by atoms with Crippen LogP contribution in [0.15, 0.2) is 29.3 Å². The summed E-state index contributed by atoms with van der Waals surface area (Å²) in [5.74, 6) is 1.10. The van der Waals surface area contributed by atoms with Gasteiger partial charge in [0.1, 0.15) is 0 Å². The van der Waals surface area contributed by atoms with Crippen LogP contribution in [0.5, 0.6) is 0 Å². The third kappa shape index (κ3) is 3.39. The lowest BCUT2D eigenvalue weighted by atomic mass is 10.0. The molecule has 2 nitrogen and oxygen atoms in total. The van der Waals surface area contributed by atoms with Crippen LogP contribution >= 0.6 is 23.4 Å². The third-order valence-electron chi connectivity index (χ3n) is 3.03. The summed E-state index contributed by atoms with van der Waals surface area (Å²) in [7, 11) is 0. The first-order valence-corrected chi connectivity index (χ1v) is 7.17. The molecule has 1 heterocycles. The molecule has 0 aromatic heterocycles. The van der Waals surface area contributed by atoms with Crippen molar-refractivity contribution in [1.82, 2.24) is 5.32 Å². The molecule has 0 amide bonds. The van der Waals surface area contributed by atoms with Crippen LogP contribution in [0.3, 0.4) is 0 Å². The van der Waals surface area contributed by atoms with Crippen molar-refractivity contribution in [3.05, 3.63) is 34.9 Å². The van der Waals surface area contributed by atoms with Crippen LogP contribution in [0.25, 0.3) is 0 Å². The minimum atomic E-state index is 0.212. The van der Waals surface area contributed by atoms with Crippen LogP contribution in [0.1, 0.15) is 25.8 Å². The van der Waals surface area contributed by atoms with Gasteiger partial charge in [-0.3, -0.25) is 4.99 Å². The maximum absolute atomic E-state index is 5.84. The van der Waals surface area contributed by atoms with Crippen LogP contribution < -0.4 is 5.32 Å². The van der Waals surface area contributed by atoms with Crippen molar-refractivity contribution in [2.45, 2.75) is 32.4 Å². The van der Waals surface area contributed by atoms with Gasteiger partial charge < -0.3 is 5.32 Å². The average Bonchev–Trinajstić information content (AvgIpc) is 2.72. The smallest absolute Gasteiger partial charge is 0.157 e. The zero-order valence-corrected chi connectivity index (χ0v) is 11.7. The lowest BCUT2D eigenvalue weighted by molar-refractivity contribution is 0.466. The van der Waals surface area contributed by atoms with E-state index in [2.05, 4.69) is 24.2 Å². The summed E-state index contributed by atoms with van der Waals surface area (Å²) in [6.07, 6.45) is 1.12. The van der Waals surface area contributed by atoms with Crippen LogP contribution in [-0.2, 0) is 6.54 Å². The maximum Gasteiger partial charge on any atom is 0.157 e. The topological polar surface area (TPSA) is 24.4 Å². The van der Waals surface area contributed by atoms with Gasteiger partial charge in [0.05, 0.1) is 6.54 Å². The number of benzene rings is 1. The molecule has 2 rings (SSSR count). The number of rotatable bonds is 3. The number of nitrogens with zero attached hydrogens (tertiary/aromatic N) is 1. The third-order valence-corrected chi connectivity index (χ3v) is 4.57. The Labute approximate surface area is 112 Å². The largest absolute Gasteiger partial charge is 0.359 e. The number of thioether (sulfide) groups is 1. The lowest BCUT2D eigenvalue weighted by Crippen LogP contribution is -2.39. The summed E-state index contributed by atoms with van der Waals surface area (Å²) in [5, 5.41) is 5.32. The number of aliphatic imine (C=N–C) groups is 1. The molecule has 0 saturated carbocycles. The second kappa shape index (κ2) is 5.32. The number of nitrogens with one attached hydrogen (secondary N) is 1. The van der Waals surface area contributed by atoms with Gasteiger partial charge in [-0.1, -0.05) is 42.4 Å². The molecule has 0 spiro atoms. The molecule has 1 unspecified atom stereocenters. The Bertz CT molecular complexity index is 416. The molecular weight excluding hydrogens is 252 g/mol. The number of hydrogen-bond acceptors (Lipinski definition) is 2. The van der Waals surface area contributed by atoms with E-state index < -0.39 is 0 Å². The SMILES string of the molecule is CCC1(C)CSC(=NCc2ccc(Cl)cc2)N1. The monoisotopic (exact) mass is 268 g/mol. The zero-order valence-electron chi connectivity index (χ0n) is 10.2. The second-order valence-electron chi connectivity index (χ2n) is 4.58. The van der Waals surface area contributed by atoms with Crippen molar-refractivity contribution in [2.75, 3.05) is 5.75 Å². The molecule has 0 bridgehead atoms. The summed E-state index contributed by atoms with van der Waals surface area (Å²) in [4.78, 5) is 4.59. The van der Waals surface area contributed by atoms with Gasteiger partial charge in [0.15, 0.2) is 5.17 Å². The highest BCUT2D eigenvalue weighted by atomic mass is 35.5. The molecule has 4 heteroatoms. The molecule has 1 atom stereocenters. The molecule has 92 valence electrons. The average molecular weight is 269 g/mol. The molecule has 1 fully saturated rings. The predicted octanol–water partition coefficient (Wildman–Crippen LogP) is 3.70. The fourth-order valence-electron chi connectivity index (χ4n) is 1.59. The fraction of sp³-hybridized carbons (Fsp3) is 0.462. The van der Waals surface area contributed by atoms with Crippen molar-refractivity contribution < 1.29 is 0 Å². The van der Waals surface area contributed by atoms with Gasteiger partial charge >= 0.3 is 0 Å². The summed E-state index contributed by atoms with van der Waals surface area (Å²) >= 11 is 7.65. The Morgan fingerprint density at radius 1 is 1.41 bits per heavy atom. The van der Waals surface area contributed by atoms with E-state index in [1.54, 1.807) is 0 Å². The van der Waals surface area contributed by atoms with Crippen LogP contribution in [-0.4, -0.2) is 16.5 Å².